The molecule has 9 nitrogen and oxygen atoms in total. The smallest absolute Gasteiger partial charge is 0.259 e. The van der Waals surface area contributed by atoms with Crippen molar-refractivity contribution in [2.75, 3.05) is 12.4 Å². The quantitative estimate of drug-likeness (QED) is 0.340. The topological polar surface area (TPSA) is 112 Å². The molecule has 2 atom stereocenters. The van der Waals surface area contributed by atoms with Gasteiger partial charge in [-0.15, -0.1) is 0 Å². The molecule has 2 N–H and O–H groups in total. The van der Waals surface area contributed by atoms with Crippen LogP contribution in [-0.4, -0.2) is 52.0 Å². The van der Waals surface area contributed by atoms with E-state index >= 15 is 0 Å². The van der Waals surface area contributed by atoms with E-state index in [1.165, 1.54) is 16.7 Å². The van der Waals surface area contributed by atoms with Crippen molar-refractivity contribution in [2.24, 2.45) is 9.98 Å². The molecule has 2 heterocycles. The Morgan fingerprint density at radius 2 is 1.86 bits per heavy atom. The van der Waals surface area contributed by atoms with Gasteiger partial charge in [0, 0.05) is 24.2 Å². The van der Waals surface area contributed by atoms with Crippen LogP contribution in [0.25, 0.3) is 0 Å². The van der Waals surface area contributed by atoms with E-state index in [9.17, 15) is 14.4 Å². The molecule has 0 spiro atoms. The fourth-order valence-corrected chi connectivity index (χ4v) is 5.78. The summed E-state index contributed by atoms with van der Waals surface area (Å²) in [5.41, 5.74) is 4.16. The second-order valence-electron chi connectivity index (χ2n) is 10.1. The number of nitrogens with one attached hydrogen (secondary N) is 2. The van der Waals surface area contributed by atoms with Crippen LogP contribution in [0.4, 0.5) is 11.4 Å². The first-order chi connectivity index (χ1) is 20.4. The zero-order chi connectivity index (χ0) is 29.6. The molecule has 0 saturated carbocycles. The van der Waals surface area contributed by atoms with E-state index in [0.29, 0.717) is 29.7 Å². The molecular formula is C32H33N5O4S. The highest BCUT2D eigenvalue weighted by Crippen LogP contribution is 2.36. The molecule has 3 aromatic carbocycles. The Morgan fingerprint density at radius 1 is 1.07 bits per heavy atom. The Labute approximate surface area is 249 Å². The largest absolute Gasteiger partial charge is 0.497 e. The molecule has 0 fully saturated rings. The van der Waals surface area contributed by atoms with E-state index in [1.807, 2.05) is 86.6 Å². The van der Waals surface area contributed by atoms with Crippen LogP contribution in [0.2, 0.25) is 0 Å². The van der Waals surface area contributed by atoms with E-state index in [1.54, 1.807) is 7.11 Å². The number of benzene rings is 3. The highest BCUT2D eigenvalue weighted by molar-refractivity contribution is 8.15. The summed E-state index contributed by atoms with van der Waals surface area (Å²) in [5, 5.41) is 5.82. The van der Waals surface area contributed by atoms with E-state index in [0.717, 1.165) is 28.1 Å². The van der Waals surface area contributed by atoms with Crippen molar-refractivity contribution in [3.63, 3.8) is 0 Å². The van der Waals surface area contributed by atoms with Gasteiger partial charge in [-0.1, -0.05) is 55.1 Å². The molecule has 3 amide bonds. The fourth-order valence-electron chi connectivity index (χ4n) is 4.76. The molecular weight excluding hydrogens is 550 g/mol. The molecule has 3 aromatic rings. The number of aliphatic imine (C=N–C) groups is 2. The van der Waals surface area contributed by atoms with Crippen molar-refractivity contribution in [3.05, 3.63) is 89.5 Å². The second kappa shape index (κ2) is 13.0. The summed E-state index contributed by atoms with van der Waals surface area (Å²) in [6.07, 6.45) is 0.947. The summed E-state index contributed by atoms with van der Waals surface area (Å²) in [6.45, 7) is 4.28. The van der Waals surface area contributed by atoms with Crippen LogP contribution in [0, 0.1) is 6.92 Å². The number of amides is 3. The maximum atomic E-state index is 13.7. The number of hydrogen-bond donors (Lipinski definition) is 2. The average Bonchev–Trinajstić information content (AvgIpc) is 3.34. The minimum Gasteiger partial charge on any atom is -0.497 e. The number of carbonyl (C=O) groups excluding carboxylic acids is 3. The number of amidine groups is 2. The molecule has 0 radical (unpaired) electrons. The van der Waals surface area contributed by atoms with E-state index in [4.69, 9.17) is 14.7 Å². The molecule has 216 valence electrons. The summed E-state index contributed by atoms with van der Waals surface area (Å²) in [5.74, 6) is 0.685. The first kappa shape index (κ1) is 29.1. The van der Waals surface area contributed by atoms with Crippen molar-refractivity contribution in [2.45, 2.75) is 50.9 Å². The average molecular weight is 584 g/mol. The molecule has 0 aromatic heterocycles. The molecule has 42 heavy (non-hydrogen) atoms. The molecule has 2 aliphatic rings. The van der Waals surface area contributed by atoms with Gasteiger partial charge in [-0.3, -0.25) is 19.4 Å². The second-order valence-corrected chi connectivity index (χ2v) is 11.3. The number of aryl methyl sites for hydroxylation is 1. The third-order valence-electron chi connectivity index (χ3n) is 7.04. The van der Waals surface area contributed by atoms with Gasteiger partial charge >= 0.3 is 0 Å². The summed E-state index contributed by atoms with van der Waals surface area (Å²) in [6, 6.07) is 21.9. The van der Waals surface area contributed by atoms with Crippen LogP contribution in [-0.2, 0) is 20.9 Å². The van der Waals surface area contributed by atoms with Gasteiger partial charge in [0.2, 0.25) is 11.8 Å². The number of methoxy groups -OCH3 is 1. The van der Waals surface area contributed by atoms with Crippen molar-refractivity contribution in [1.82, 2.24) is 10.2 Å². The van der Waals surface area contributed by atoms with Crippen LogP contribution >= 0.6 is 11.8 Å². The van der Waals surface area contributed by atoms with E-state index in [2.05, 4.69) is 10.6 Å². The van der Waals surface area contributed by atoms with Gasteiger partial charge in [-0.25, -0.2) is 9.89 Å². The highest BCUT2D eigenvalue weighted by atomic mass is 32.2. The van der Waals surface area contributed by atoms with Gasteiger partial charge in [0.25, 0.3) is 5.91 Å². The zero-order valence-electron chi connectivity index (χ0n) is 23.8. The Morgan fingerprint density at radius 3 is 2.60 bits per heavy atom. The maximum absolute atomic E-state index is 13.7. The van der Waals surface area contributed by atoms with Crippen molar-refractivity contribution < 1.29 is 19.1 Å². The van der Waals surface area contributed by atoms with Gasteiger partial charge in [-0.05, 0) is 67.3 Å². The minimum atomic E-state index is -0.718. The monoisotopic (exact) mass is 583 g/mol. The summed E-state index contributed by atoms with van der Waals surface area (Å²) in [4.78, 5) is 50.5. The molecule has 0 unspecified atom stereocenters. The van der Waals surface area contributed by atoms with E-state index in [-0.39, 0.29) is 30.6 Å². The van der Waals surface area contributed by atoms with Gasteiger partial charge in [0.1, 0.15) is 17.6 Å². The lowest BCUT2D eigenvalue weighted by atomic mass is 10.1. The Balaban J connectivity index is 1.27. The standard InChI is InChI=1S/C32H33N5O4S/c1-4-27(30(39)34-22-9-7-8-20(2)18-22)42-32-36-25-11-6-5-10-24(25)29-35-26(31(40)37(29)32)16-17-28(38)33-19-21-12-14-23(41-3)15-13-21/h5-15,18,26-27H,4,16-17,19H2,1-3H3,(H,33,38)(H,34,39)/t26-,27+/m0/s1. The Hall–Kier alpha value is -4.44. The van der Waals surface area contributed by atoms with Gasteiger partial charge in [-0.2, -0.15) is 0 Å². The van der Waals surface area contributed by atoms with Crippen LogP contribution in [0.15, 0.2) is 82.8 Å². The first-order valence-corrected chi connectivity index (χ1v) is 14.8. The highest BCUT2D eigenvalue weighted by Gasteiger charge is 2.42. The fraction of sp³-hybridized carbons (Fsp3) is 0.281. The number of carbonyl (C=O) groups is 3. The number of hydrogen-bond acceptors (Lipinski definition) is 7. The van der Waals surface area contributed by atoms with Crippen LogP contribution in [0.3, 0.4) is 0 Å². The third kappa shape index (κ3) is 6.54. The minimum absolute atomic E-state index is 0.148. The normalized spacial score (nSPS) is 16.1. The number of fused-ring (bicyclic) bond motifs is 3. The molecule has 10 heteroatoms. The van der Waals surface area contributed by atoms with Gasteiger partial charge in [0.15, 0.2) is 5.17 Å². The maximum Gasteiger partial charge on any atom is 0.259 e. The van der Waals surface area contributed by atoms with Gasteiger partial charge < -0.3 is 15.4 Å². The molecule has 5 rings (SSSR count). The number of thioether (sulfide) groups is 1. The first-order valence-electron chi connectivity index (χ1n) is 13.9. The Kier molecular flexibility index (Phi) is 9.02. The molecule has 0 aliphatic carbocycles. The third-order valence-corrected chi connectivity index (χ3v) is 8.35. The predicted molar refractivity (Wildman–Crippen MR) is 166 cm³/mol. The number of para-hydroxylation sites is 1. The summed E-state index contributed by atoms with van der Waals surface area (Å²) >= 11 is 1.25. The number of ether oxygens (including phenoxy) is 1. The number of rotatable bonds is 10. The van der Waals surface area contributed by atoms with Gasteiger partial charge in [0.05, 0.1) is 18.0 Å². The lowest BCUT2D eigenvalue weighted by Crippen LogP contribution is -2.42. The zero-order valence-corrected chi connectivity index (χ0v) is 24.6. The number of nitrogens with zero attached hydrogens (tertiary/aromatic N) is 3. The van der Waals surface area contributed by atoms with Crippen LogP contribution in [0.5, 0.6) is 5.75 Å². The van der Waals surface area contributed by atoms with Crippen molar-refractivity contribution in [3.8, 4) is 5.75 Å². The SMILES string of the molecule is CC[C@@H](SC1=Nc2ccccc2C2=N[C@@H](CCC(=O)NCc3ccc(OC)cc3)C(=O)N12)C(=O)Nc1cccc(C)c1. The van der Waals surface area contributed by atoms with E-state index < -0.39 is 11.3 Å². The van der Waals surface area contributed by atoms with Crippen LogP contribution in [0.1, 0.15) is 42.9 Å². The molecule has 0 bridgehead atoms. The van der Waals surface area contributed by atoms with Crippen molar-refractivity contribution >= 4 is 51.9 Å². The molecule has 0 saturated heterocycles. The molecule has 2 aliphatic heterocycles. The van der Waals surface area contributed by atoms with Crippen molar-refractivity contribution in [1.29, 1.82) is 0 Å². The Bertz CT molecular complexity index is 1550. The summed E-state index contributed by atoms with van der Waals surface area (Å²) < 4.78 is 5.17. The summed E-state index contributed by atoms with van der Waals surface area (Å²) in [7, 11) is 1.61. The lowest BCUT2D eigenvalue weighted by molar-refractivity contribution is -0.125. The predicted octanol–water partition coefficient (Wildman–Crippen LogP) is 5.21. The number of anilines is 1. The lowest BCUT2D eigenvalue weighted by Gasteiger charge is -2.27. The van der Waals surface area contributed by atoms with Crippen LogP contribution < -0.4 is 15.4 Å².